The topological polar surface area (TPSA) is 29.5 Å². The second-order valence-electron chi connectivity index (χ2n) is 6.25. The molecule has 136 valence electrons. The van der Waals surface area contributed by atoms with E-state index >= 15 is 0 Å². The second-order valence-corrected chi connectivity index (χ2v) is 7.31. The lowest BCUT2D eigenvalue weighted by molar-refractivity contribution is -0.137. The summed E-state index contributed by atoms with van der Waals surface area (Å²) in [6, 6.07) is 3.74. The molecule has 1 fully saturated rings. The van der Waals surface area contributed by atoms with Gasteiger partial charge in [-0.3, -0.25) is 0 Å². The number of alkyl halides is 3. The molecule has 1 saturated heterocycles. The molecule has 25 heavy (non-hydrogen) atoms. The van der Waals surface area contributed by atoms with Gasteiger partial charge in [-0.05, 0) is 61.5 Å². The van der Waals surface area contributed by atoms with Gasteiger partial charge in [0.1, 0.15) is 4.88 Å². The highest BCUT2D eigenvalue weighted by atomic mass is 32.1. The minimum Gasteiger partial charge on any atom is -0.465 e. The van der Waals surface area contributed by atoms with Crippen molar-refractivity contribution in [1.29, 1.82) is 0 Å². The summed E-state index contributed by atoms with van der Waals surface area (Å²) in [5, 5.41) is 0.744. The highest BCUT2D eigenvalue weighted by Gasteiger charge is 2.33. The summed E-state index contributed by atoms with van der Waals surface area (Å²) in [5.74, 6) is -0.301. The Morgan fingerprint density at radius 3 is 2.56 bits per heavy atom. The first kappa shape index (κ1) is 18.2. The van der Waals surface area contributed by atoms with Crippen LogP contribution < -0.4 is 0 Å². The number of carbonyl (C=O) groups excluding carboxylic acids is 1. The molecule has 0 N–H and O–H groups in total. The lowest BCUT2D eigenvalue weighted by Crippen LogP contribution is -2.32. The summed E-state index contributed by atoms with van der Waals surface area (Å²) < 4.78 is 44.3. The number of carbonyl (C=O) groups is 1. The third kappa shape index (κ3) is 3.53. The largest absolute Gasteiger partial charge is 0.465 e. The van der Waals surface area contributed by atoms with Crippen LogP contribution in [0.25, 0.3) is 10.1 Å². The van der Waals surface area contributed by atoms with E-state index in [0.29, 0.717) is 9.58 Å². The zero-order valence-electron chi connectivity index (χ0n) is 14.2. The van der Waals surface area contributed by atoms with E-state index in [2.05, 4.69) is 11.8 Å². The zero-order valence-corrected chi connectivity index (χ0v) is 15.0. The van der Waals surface area contributed by atoms with Crippen molar-refractivity contribution in [3.8, 4) is 0 Å². The number of hydrogen-bond acceptors (Lipinski definition) is 4. The lowest BCUT2D eigenvalue weighted by atomic mass is 9.87. The minimum absolute atomic E-state index is 0.169. The van der Waals surface area contributed by atoms with Gasteiger partial charge in [-0.25, -0.2) is 4.79 Å². The van der Waals surface area contributed by atoms with Crippen LogP contribution >= 0.6 is 11.3 Å². The first-order valence-electron chi connectivity index (χ1n) is 8.29. The molecule has 1 aromatic heterocycles. The van der Waals surface area contributed by atoms with Crippen molar-refractivity contribution in [2.24, 2.45) is 0 Å². The molecule has 7 heteroatoms. The zero-order chi connectivity index (χ0) is 18.2. The molecule has 0 bridgehead atoms. The highest BCUT2D eigenvalue weighted by Crippen LogP contribution is 2.42. The normalized spacial score (nSPS) is 17.2. The Kier molecular flexibility index (Phi) is 5.06. The van der Waals surface area contributed by atoms with Gasteiger partial charge in [-0.1, -0.05) is 13.0 Å². The molecular formula is C18H20F3NO2S. The predicted octanol–water partition coefficient (Wildman–Crippen LogP) is 4.91. The van der Waals surface area contributed by atoms with Crippen LogP contribution in [0, 0.1) is 0 Å². The number of esters is 1. The number of halogens is 3. The molecule has 1 aliphatic rings. The van der Waals surface area contributed by atoms with E-state index in [0.717, 1.165) is 66.9 Å². The number of fused-ring (bicyclic) bond motifs is 1. The number of thiophene rings is 1. The number of nitrogens with zero attached hydrogens (tertiary/aromatic N) is 1. The molecule has 0 spiro atoms. The maximum absolute atomic E-state index is 13.0. The maximum Gasteiger partial charge on any atom is 0.416 e. The van der Waals surface area contributed by atoms with Crippen LogP contribution in [0.3, 0.4) is 0 Å². The van der Waals surface area contributed by atoms with Crippen molar-refractivity contribution in [3.05, 3.63) is 34.2 Å². The van der Waals surface area contributed by atoms with Crippen molar-refractivity contribution < 1.29 is 22.7 Å². The monoisotopic (exact) mass is 371 g/mol. The van der Waals surface area contributed by atoms with Gasteiger partial charge in [0.05, 0.1) is 12.7 Å². The number of likely N-dealkylation sites (tertiary alicyclic amines) is 1. The molecule has 0 radical (unpaired) electrons. The SMILES string of the molecule is CCN1CCC(c2c(C(=O)OC)sc3cc(C(F)(F)F)ccc23)CC1. The van der Waals surface area contributed by atoms with E-state index in [9.17, 15) is 18.0 Å². The standard InChI is InChI=1S/C18H20F3NO2S/c1-3-22-8-6-11(7-9-22)15-13-5-4-12(18(19,20)21)10-14(13)25-16(15)17(23)24-2/h4-5,10-11H,3,6-9H2,1-2H3. The fourth-order valence-corrected chi connectivity index (χ4v) is 4.73. The molecule has 1 aromatic carbocycles. The molecule has 0 unspecified atom stereocenters. The van der Waals surface area contributed by atoms with Crippen LogP contribution in [0.4, 0.5) is 13.2 Å². The number of benzene rings is 1. The predicted molar refractivity (Wildman–Crippen MR) is 92.3 cm³/mol. The smallest absolute Gasteiger partial charge is 0.416 e. The van der Waals surface area contributed by atoms with E-state index in [4.69, 9.17) is 4.74 Å². The third-order valence-electron chi connectivity index (χ3n) is 4.87. The molecule has 0 saturated carbocycles. The molecule has 0 amide bonds. The molecule has 2 heterocycles. The first-order valence-corrected chi connectivity index (χ1v) is 9.11. The van der Waals surface area contributed by atoms with E-state index in [-0.39, 0.29) is 5.92 Å². The second kappa shape index (κ2) is 6.96. The molecular weight excluding hydrogens is 351 g/mol. The molecule has 3 nitrogen and oxygen atoms in total. The van der Waals surface area contributed by atoms with Crippen LogP contribution in [0.1, 0.15) is 46.5 Å². The summed E-state index contributed by atoms with van der Waals surface area (Å²) >= 11 is 1.10. The lowest BCUT2D eigenvalue weighted by Gasteiger charge is -2.31. The highest BCUT2D eigenvalue weighted by molar-refractivity contribution is 7.21. The fraction of sp³-hybridized carbons (Fsp3) is 0.500. The van der Waals surface area contributed by atoms with E-state index in [1.165, 1.54) is 13.2 Å². The average Bonchev–Trinajstić information content (AvgIpc) is 2.99. The first-order chi connectivity index (χ1) is 11.8. The van der Waals surface area contributed by atoms with Crippen LogP contribution in [-0.4, -0.2) is 37.6 Å². The molecule has 3 rings (SSSR count). The average molecular weight is 371 g/mol. The minimum atomic E-state index is -4.39. The van der Waals surface area contributed by atoms with Crippen LogP contribution in [0.5, 0.6) is 0 Å². The summed E-state index contributed by atoms with van der Waals surface area (Å²) in [6.07, 6.45) is -2.61. The van der Waals surface area contributed by atoms with Gasteiger partial charge < -0.3 is 9.64 Å². The van der Waals surface area contributed by atoms with E-state index < -0.39 is 17.7 Å². The van der Waals surface area contributed by atoms with Crippen molar-refractivity contribution >= 4 is 27.4 Å². The summed E-state index contributed by atoms with van der Waals surface area (Å²) in [7, 11) is 1.30. The fourth-order valence-electron chi connectivity index (χ4n) is 3.48. The summed E-state index contributed by atoms with van der Waals surface area (Å²) in [6.45, 7) is 4.95. The number of piperidine rings is 1. The van der Waals surface area contributed by atoms with Crippen molar-refractivity contribution in [2.45, 2.75) is 31.9 Å². The molecule has 0 aliphatic carbocycles. The quantitative estimate of drug-likeness (QED) is 0.719. The summed E-state index contributed by atoms with van der Waals surface area (Å²) in [4.78, 5) is 15.0. The van der Waals surface area contributed by atoms with Crippen molar-refractivity contribution in [3.63, 3.8) is 0 Å². The molecule has 1 aliphatic heterocycles. The van der Waals surface area contributed by atoms with Crippen LogP contribution in [-0.2, 0) is 10.9 Å². The Morgan fingerprint density at radius 2 is 2.00 bits per heavy atom. The van der Waals surface area contributed by atoms with E-state index in [1.54, 1.807) is 0 Å². The Hall–Kier alpha value is -1.60. The Bertz CT molecular complexity index is 776. The Balaban J connectivity index is 2.07. The van der Waals surface area contributed by atoms with E-state index in [1.807, 2.05) is 0 Å². The van der Waals surface area contributed by atoms with Gasteiger partial charge in [-0.2, -0.15) is 13.2 Å². The van der Waals surface area contributed by atoms with Crippen molar-refractivity contribution in [1.82, 2.24) is 4.90 Å². The number of methoxy groups -OCH3 is 1. The maximum atomic E-state index is 13.0. The van der Waals surface area contributed by atoms with Gasteiger partial charge in [0.2, 0.25) is 0 Å². The van der Waals surface area contributed by atoms with Gasteiger partial charge in [0.15, 0.2) is 0 Å². The van der Waals surface area contributed by atoms with Gasteiger partial charge in [0.25, 0.3) is 0 Å². The van der Waals surface area contributed by atoms with Gasteiger partial charge in [0, 0.05) is 4.70 Å². The number of ether oxygens (including phenoxy) is 1. The number of rotatable bonds is 3. The number of hydrogen-bond donors (Lipinski definition) is 0. The summed E-state index contributed by atoms with van der Waals surface area (Å²) in [5.41, 5.74) is 0.168. The Morgan fingerprint density at radius 1 is 1.32 bits per heavy atom. The third-order valence-corrected chi connectivity index (χ3v) is 6.02. The molecule has 0 atom stereocenters. The van der Waals surface area contributed by atoms with Crippen molar-refractivity contribution in [2.75, 3.05) is 26.7 Å². The molecule has 2 aromatic rings. The van der Waals surface area contributed by atoms with Crippen LogP contribution in [0.2, 0.25) is 0 Å². The van der Waals surface area contributed by atoms with Gasteiger partial charge in [-0.15, -0.1) is 11.3 Å². The van der Waals surface area contributed by atoms with Crippen LogP contribution in [0.15, 0.2) is 18.2 Å². The van der Waals surface area contributed by atoms with Gasteiger partial charge >= 0.3 is 12.1 Å². The Labute approximate surface area is 148 Å².